The highest BCUT2D eigenvalue weighted by Crippen LogP contribution is 2.26. The molecule has 130 valence electrons. The fourth-order valence-corrected chi connectivity index (χ4v) is 3.75. The summed E-state index contributed by atoms with van der Waals surface area (Å²) in [5, 5.41) is 0. The van der Waals surface area contributed by atoms with E-state index in [9.17, 15) is 14.4 Å². The van der Waals surface area contributed by atoms with Gasteiger partial charge in [0, 0.05) is 38.8 Å². The van der Waals surface area contributed by atoms with E-state index in [0.29, 0.717) is 44.7 Å². The fraction of sp³-hybridized carbons (Fsp3) is 0.588. The lowest BCUT2D eigenvalue weighted by Crippen LogP contribution is -2.48. The van der Waals surface area contributed by atoms with E-state index in [0.717, 1.165) is 17.7 Å². The summed E-state index contributed by atoms with van der Waals surface area (Å²) in [4.78, 5) is 39.8. The molecule has 1 saturated heterocycles. The summed E-state index contributed by atoms with van der Waals surface area (Å²) in [5.41, 5.74) is 7.95. The van der Waals surface area contributed by atoms with E-state index in [1.54, 1.807) is 9.47 Å². The number of primary amides is 1. The van der Waals surface area contributed by atoms with Crippen LogP contribution in [0.25, 0.3) is 0 Å². The average molecular weight is 332 g/mol. The molecule has 2 N–H and O–H groups in total. The van der Waals surface area contributed by atoms with Crippen molar-refractivity contribution in [3.8, 4) is 0 Å². The number of nitrogens with two attached hydrogens (primary N) is 1. The minimum absolute atomic E-state index is 0.105. The maximum atomic E-state index is 12.9. The number of aromatic nitrogens is 1. The first-order chi connectivity index (χ1) is 11.4. The molecule has 0 bridgehead atoms. The largest absolute Gasteiger partial charge is 0.364 e. The van der Waals surface area contributed by atoms with Crippen LogP contribution in [0.2, 0.25) is 0 Å². The summed E-state index contributed by atoms with van der Waals surface area (Å²) in [6.07, 6.45) is 1.79. The standard InChI is InChI=1S/C17H24N4O3/c1-3-20-9-12(4-5-15(20)22)17(24)21-7-6-11-8-13(16(18)23)19(2)14(11)10-21/h8,12H,3-7,9-10H2,1-2H3,(H2,18,23)/t12-/m1/s1. The molecule has 0 aromatic carbocycles. The predicted molar refractivity (Wildman–Crippen MR) is 88.0 cm³/mol. The number of carbonyl (C=O) groups excluding carboxylic acids is 3. The van der Waals surface area contributed by atoms with Crippen molar-refractivity contribution in [3.63, 3.8) is 0 Å². The van der Waals surface area contributed by atoms with Crippen LogP contribution < -0.4 is 5.73 Å². The van der Waals surface area contributed by atoms with Crippen molar-refractivity contribution >= 4 is 17.7 Å². The third-order valence-corrected chi connectivity index (χ3v) is 5.23. The van der Waals surface area contributed by atoms with Gasteiger partial charge in [-0.05, 0) is 31.4 Å². The van der Waals surface area contributed by atoms with Crippen molar-refractivity contribution in [2.24, 2.45) is 18.7 Å². The summed E-state index contributed by atoms with van der Waals surface area (Å²) in [6.45, 7) is 4.23. The molecular formula is C17H24N4O3. The zero-order chi connectivity index (χ0) is 17.4. The number of likely N-dealkylation sites (tertiary alicyclic amines) is 1. The van der Waals surface area contributed by atoms with Crippen LogP contribution in [0.4, 0.5) is 0 Å². The highest BCUT2D eigenvalue weighted by Gasteiger charge is 2.34. The topological polar surface area (TPSA) is 88.6 Å². The first-order valence-corrected chi connectivity index (χ1v) is 8.46. The third kappa shape index (κ3) is 2.79. The summed E-state index contributed by atoms with van der Waals surface area (Å²) in [7, 11) is 1.81. The lowest BCUT2D eigenvalue weighted by molar-refractivity contribution is -0.143. The monoisotopic (exact) mass is 332 g/mol. The normalized spacial score (nSPS) is 20.9. The van der Waals surface area contributed by atoms with Crippen LogP contribution in [-0.4, -0.2) is 51.7 Å². The van der Waals surface area contributed by atoms with Crippen LogP contribution in [0.15, 0.2) is 6.07 Å². The van der Waals surface area contributed by atoms with Crippen molar-refractivity contribution in [3.05, 3.63) is 23.0 Å². The van der Waals surface area contributed by atoms with E-state index >= 15 is 0 Å². The molecule has 3 rings (SSSR count). The number of rotatable bonds is 3. The molecular weight excluding hydrogens is 308 g/mol. The van der Waals surface area contributed by atoms with Crippen molar-refractivity contribution in [2.45, 2.75) is 32.7 Å². The molecule has 1 atom stereocenters. The number of hydrogen-bond acceptors (Lipinski definition) is 3. The molecule has 0 spiro atoms. The Kier molecular flexibility index (Phi) is 4.34. The Hall–Kier alpha value is -2.31. The molecule has 3 heterocycles. The fourth-order valence-electron chi connectivity index (χ4n) is 3.75. The number of hydrogen-bond donors (Lipinski definition) is 1. The Morgan fingerprint density at radius 3 is 2.75 bits per heavy atom. The lowest BCUT2D eigenvalue weighted by atomic mass is 9.95. The number of fused-ring (bicyclic) bond motifs is 1. The van der Waals surface area contributed by atoms with Gasteiger partial charge in [0.1, 0.15) is 5.69 Å². The summed E-state index contributed by atoms with van der Waals surface area (Å²) in [5.74, 6) is -0.335. The van der Waals surface area contributed by atoms with Gasteiger partial charge in [-0.2, -0.15) is 0 Å². The number of amides is 3. The SMILES string of the molecule is CCN1C[C@H](C(=O)N2CCc3cc(C(N)=O)n(C)c3C2)CCC1=O. The highest BCUT2D eigenvalue weighted by atomic mass is 16.2. The van der Waals surface area contributed by atoms with Crippen LogP contribution in [-0.2, 0) is 29.6 Å². The molecule has 1 fully saturated rings. The second kappa shape index (κ2) is 6.30. The van der Waals surface area contributed by atoms with E-state index in [4.69, 9.17) is 5.73 Å². The van der Waals surface area contributed by atoms with Gasteiger partial charge in [0.15, 0.2) is 0 Å². The number of piperidine rings is 1. The van der Waals surface area contributed by atoms with Crippen LogP contribution in [0.5, 0.6) is 0 Å². The molecule has 2 aliphatic heterocycles. The van der Waals surface area contributed by atoms with Gasteiger partial charge in [-0.1, -0.05) is 0 Å². The molecule has 0 unspecified atom stereocenters. The Morgan fingerprint density at radius 2 is 2.08 bits per heavy atom. The molecule has 3 amide bonds. The first kappa shape index (κ1) is 16.5. The second-order valence-corrected chi connectivity index (χ2v) is 6.60. The molecule has 24 heavy (non-hydrogen) atoms. The van der Waals surface area contributed by atoms with Gasteiger partial charge in [0.25, 0.3) is 5.91 Å². The number of carbonyl (C=O) groups is 3. The Labute approximate surface area is 141 Å². The highest BCUT2D eigenvalue weighted by molar-refractivity contribution is 5.92. The molecule has 1 aromatic heterocycles. The molecule has 7 nitrogen and oxygen atoms in total. The van der Waals surface area contributed by atoms with Gasteiger partial charge in [0.2, 0.25) is 11.8 Å². The van der Waals surface area contributed by atoms with Gasteiger partial charge < -0.3 is 20.1 Å². The Bertz CT molecular complexity index is 694. The van der Waals surface area contributed by atoms with Gasteiger partial charge in [-0.15, -0.1) is 0 Å². The van der Waals surface area contributed by atoms with E-state index in [1.165, 1.54) is 0 Å². The van der Waals surface area contributed by atoms with E-state index < -0.39 is 5.91 Å². The predicted octanol–water partition coefficient (Wildman–Crippen LogP) is 0.267. The van der Waals surface area contributed by atoms with Gasteiger partial charge in [-0.3, -0.25) is 14.4 Å². The van der Waals surface area contributed by atoms with Crippen LogP contribution in [0.1, 0.15) is 41.5 Å². The Balaban J connectivity index is 1.74. The maximum absolute atomic E-state index is 12.9. The molecule has 0 radical (unpaired) electrons. The van der Waals surface area contributed by atoms with Crippen molar-refractivity contribution in [1.29, 1.82) is 0 Å². The van der Waals surface area contributed by atoms with E-state index in [-0.39, 0.29) is 17.7 Å². The first-order valence-electron chi connectivity index (χ1n) is 8.46. The zero-order valence-electron chi connectivity index (χ0n) is 14.2. The van der Waals surface area contributed by atoms with Gasteiger partial charge in [-0.25, -0.2) is 0 Å². The smallest absolute Gasteiger partial charge is 0.265 e. The summed E-state index contributed by atoms with van der Waals surface area (Å²) < 4.78 is 1.79. The minimum Gasteiger partial charge on any atom is -0.364 e. The average Bonchev–Trinajstić information content (AvgIpc) is 2.91. The van der Waals surface area contributed by atoms with Crippen molar-refractivity contribution in [1.82, 2.24) is 14.4 Å². The van der Waals surface area contributed by atoms with E-state index in [2.05, 4.69) is 0 Å². The molecule has 0 aliphatic carbocycles. The van der Waals surface area contributed by atoms with Crippen LogP contribution in [0.3, 0.4) is 0 Å². The van der Waals surface area contributed by atoms with Crippen molar-refractivity contribution < 1.29 is 14.4 Å². The molecule has 0 saturated carbocycles. The maximum Gasteiger partial charge on any atom is 0.265 e. The molecule has 7 heteroatoms. The van der Waals surface area contributed by atoms with Crippen LogP contribution >= 0.6 is 0 Å². The quantitative estimate of drug-likeness (QED) is 0.861. The third-order valence-electron chi connectivity index (χ3n) is 5.23. The minimum atomic E-state index is -0.450. The zero-order valence-corrected chi connectivity index (χ0v) is 14.2. The Morgan fingerprint density at radius 1 is 1.33 bits per heavy atom. The van der Waals surface area contributed by atoms with Crippen molar-refractivity contribution in [2.75, 3.05) is 19.6 Å². The van der Waals surface area contributed by atoms with Gasteiger partial charge >= 0.3 is 0 Å². The lowest BCUT2D eigenvalue weighted by Gasteiger charge is -2.36. The van der Waals surface area contributed by atoms with Crippen LogP contribution in [0, 0.1) is 5.92 Å². The number of nitrogens with zero attached hydrogens (tertiary/aromatic N) is 3. The molecule has 2 aliphatic rings. The molecule has 1 aromatic rings. The summed E-state index contributed by atoms with van der Waals surface area (Å²) >= 11 is 0. The van der Waals surface area contributed by atoms with Gasteiger partial charge in [0.05, 0.1) is 12.5 Å². The summed E-state index contributed by atoms with van der Waals surface area (Å²) in [6, 6.07) is 1.83. The van der Waals surface area contributed by atoms with E-state index in [1.807, 2.05) is 24.9 Å². The second-order valence-electron chi connectivity index (χ2n) is 6.60.